The molecule has 130 valence electrons. The molecular formula is C22H26N2O. The average Bonchev–Trinajstić information content (AvgIpc) is 2.93. The van der Waals surface area contributed by atoms with Crippen LogP contribution in [0.4, 0.5) is 0 Å². The smallest absolute Gasteiger partial charge is 0.253 e. The van der Waals surface area contributed by atoms with Crippen molar-refractivity contribution in [2.45, 2.75) is 25.8 Å². The summed E-state index contributed by atoms with van der Waals surface area (Å²) in [5.74, 6) is 0.808. The predicted octanol–water partition coefficient (Wildman–Crippen LogP) is 3.83. The van der Waals surface area contributed by atoms with E-state index < -0.39 is 0 Å². The minimum absolute atomic E-state index is 0.184. The van der Waals surface area contributed by atoms with E-state index in [2.05, 4.69) is 60.2 Å². The third-order valence-corrected chi connectivity index (χ3v) is 5.86. The molecule has 0 aliphatic carbocycles. The Bertz CT molecular complexity index is 768. The molecule has 3 heteroatoms. The van der Waals surface area contributed by atoms with Crippen LogP contribution in [-0.4, -0.2) is 48.4 Å². The summed E-state index contributed by atoms with van der Waals surface area (Å²) < 4.78 is 0. The summed E-state index contributed by atoms with van der Waals surface area (Å²) in [5, 5.41) is 0. The first-order chi connectivity index (χ1) is 12.1. The van der Waals surface area contributed by atoms with E-state index in [0.717, 1.165) is 25.2 Å². The number of carbonyl (C=O) groups is 1. The molecule has 0 N–H and O–H groups in total. The zero-order chi connectivity index (χ0) is 17.4. The average molecular weight is 334 g/mol. The third-order valence-electron chi connectivity index (χ3n) is 5.86. The van der Waals surface area contributed by atoms with Gasteiger partial charge in [0.05, 0.1) is 0 Å². The zero-order valence-corrected chi connectivity index (χ0v) is 15.1. The number of carbonyl (C=O) groups excluding carboxylic acids is 1. The van der Waals surface area contributed by atoms with E-state index >= 15 is 0 Å². The summed E-state index contributed by atoms with van der Waals surface area (Å²) in [7, 11) is 2.20. The highest BCUT2D eigenvalue weighted by atomic mass is 16.2. The van der Waals surface area contributed by atoms with Crippen LogP contribution in [0.2, 0.25) is 0 Å². The first kappa shape index (κ1) is 16.3. The maximum absolute atomic E-state index is 13.0. The minimum atomic E-state index is 0.184. The van der Waals surface area contributed by atoms with Crippen molar-refractivity contribution >= 4 is 5.91 Å². The van der Waals surface area contributed by atoms with Crippen LogP contribution in [0.3, 0.4) is 0 Å². The van der Waals surface area contributed by atoms with Crippen LogP contribution in [0.25, 0.3) is 11.1 Å². The van der Waals surface area contributed by atoms with E-state index in [9.17, 15) is 4.79 Å². The van der Waals surface area contributed by atoms with Gasteiger partial charge in [-0.05, 0) is 61.6 Å². The summed E-state index contributed by atoms with van der Waals surface area (Å²) in [6, 6.07) is 17.0. The molecule has 1 amide bonds. The lowest BCUT2D eigenvalue weighted by atomic mass is 9.96. The largest absolute Gasteiger partial charge is 0.337 e. The number of aryl methyl sites for hydroxylation is 1. The Hall–Kier alpha value is -2.13. The molecule has 3 fully saturated rings. The van der Waals surface area contributed by atoms with Gasteiger partial charge in [0.1, 0.15) is 0 Å². The van der Waals surface area contributed by atoms with Gasteiger partial charge >= 0.3 is 0 Å². The lowest BCUT2D eigenvalue weighted by Gasteiger charge is -2.32. The van der Waals surface area contributed by atoms with Gasteiger partial charge in [-0.25, -0.2) is 0 Å². The summed E-state index contributed by atoms with van der Waals surface area (Å²) in [6.45, 7) is 5.02. The Labute approximate surface area is 150 Å². The van der Waals surface area contributed by atoms with Gasteiger partial charge in [0.2, 0.25) is 0 Å². The SMILES string of the molecule is Cc1ccccc1-c1ccc(C(=O)N2C[C@@H]3CC[C@H](C2)N(C)C3)cc1. The minimum Gasteiger partial charge on any atom is -0.337 e. The molecule has 5 rings (SSSR count). The molecule has 2 aromatic carbocycles. The fraction of sp³-hybridized carbons (Fsp3) is 0.409. The number of rotatable bonds is 2. The molecule has 3 aliphatic heterocycles. The van der Waals surface area contributed by atoms with Crippen molar-refractivity contribution in [2.24, 2.45) is 5.92 Å². The third kappa shape index (κ3) is 3.21. The summed E-state index contributed by atoms with van der Waals surface area (Å²) in [6.07, 6.45) is 2.47. The Balaban J connectivity index is 1.54. The monoisotopic (exact) mass is 334 g/mol. The Morgan fingerprint density at radius 3 is 2.44 bits per heavy atom. The molecule has 2 atom stereocenters. The molecule has 25 heavy (non-hydrogen) atoms. The predicted molar refractivity (Wildman–Crippen MR) is 102 cm³/mol. The number of nitrogens with zero attached hydrogens (tertiary/aromatic N) is 2. The molecular weight excluding hydrogens is 308 g/mol. The molecule has 0 unspecified atom stereocenters. The van der Waals surface area contributed by atoms with Gasteiger partial charge in [-0.3, -0.25) is 4.79 Å². The van der Waals surface area contributed by atoms with E-state index in [1.807, 2.05) is 12.1 Å². The quantitative estimate of drug-likeness (QED) is 0.833. The molecule has 0 radical (unpaired) electrons. The lowest BCUT2D eigenvalue weighted by Crippen LogP contribution is -2.41. The van der Waals surface area contributed by atoms with Crippen LogP contribution in [0.5, 0.6) is 0 Å². The van der Waals surface area contributed by atoms with Crippen LogP contribution in [-0.2, 0) is 0 Å². The van der Waals surface area contributed by atoms with Crippen LogP contribution in [0.15, 0.2) is 48.5 Å². The number of piperidine rings is 1. The van der Waals surface area contributed by atoms with Crippen LogP contribution < -0.4 is 0 Å². The van der Waals surface area contributed by atoms with Gasteiger partial charge in [-0.1, -0.05) is 36.4 Å². The molecule has 0 saturated carbocycles. The fourth-order valence-electron chi connectivity index (χ4n) is 4.35. The molecule has 3 saturated heterocycles. The zero-order valence-electron chi connectivity index (χ0n) is 15.1. The topological polar surface area (TPSA) is 23.6 Å². The summed E-state index contributed by atoms with van der Waals surface area (Å²) in [4.78, 5) is 17.5. The molecule has 3 aliphatic rings. The second-order valence-corrected chi connectivity index (χ2v) is 7.64. The Morgan fingerprint density at radius 2 is 1.72 bits per heavy atom. The van der Waals surface area contributed by atoms with Gasteiger partial charge < -0.3 is 9.80 Å². The van der Waals surface area contributed by atoms with E-state index in [4.69, 9.17) is 0 Å². The van der Waals surface area contributed by atoms with E-state index in [1.54, 1.807) is 0 Å². The molecule has 2 bridgehead atoms. The highest BCUT2D eigenvalue weighted by Crippen LogP contribution is 2.28. The lowest BCUT2D eigenvalue weighted by molar-refractivity contribution is 0.0742. The molecule has 3 nitrogen and oxygen atoms in total. The molecule has 0 aromatic heterocycles. The number of benzene rings is 2. The maximum atomic E-state index is 13.0. The highest BCUT2D eigenvalue weighted by molar-refractivity contribution is 5.94. The van der Waals surface area contributed by atoms with Gasteiger partial charge in [0.15, 0.2) is 0 Å². The van der Waals surface area contributed by atoms with Crippen molar-refractivity contribution in [3.63, 3.8) is 0 Å². The highest BCUT2D eigenvalue weighted by Gasteiger charge is 2.34. The van der Waals surface area contributed by atoms with Gasteiger partial charge in [0, 0.05) is 31.2 Å². The van der Waals surface area contributed by atoms with E-state index in [1.165, 1.54) is 29.5 Å². The number of fused-ring (bicyclic) bond motifs is 4. The summed E-state index contributed by atoms with van der Waals surface area (Å²) >= 11 is 0. The molecule has 0 spiro atoms. The van der Waals surface area contributed by atoms with Crippen molar-refractivity contribution in [1.29, 1.82) is 0 Å². The number of likely N-dealkylation sites (N-methyl/N-ethyl adjacent to an activating group) is 1. The number of amides is 1. The fourth-order valence-corrected chi connectivity index (χ4v) is 4.35. The van der Waals surface area contributed by atoms with Crippen molar-refractivity contribution in [1.82, 2.24) is 9.80 Å². The standard InChI is InChI=1S/C22H26N2O/c1-16-5-3-4-6-21(16)18-8-10-19(11-9-18)22(25)24-14-17-7-12-20(15-24)23(2)13-17/h3-6,8-11,17,20H,7,12-15H2,1-2H3/t17-,20-/m1/s1. The van der Waals surface area contributed by atoms with Crippen molar-refractivity contribution in [3.05, 3.63) is 59.7 Å². The molecule has 3 heterocycles. The summed E-state index contributed by atoms with van der Waals surface area (Å²) in [5.41, 5.74) is 4.47. The van der Waals surface area contributed by atoms with Gasteiger partial charge in [0.25, 0.3) is 5.91 Å². The molecule has 2 aromatic rings. The van der Waals surface area contributed by atoms with E-state index in [-0.39, 0.29) is 5.91 Å². The number of hydrogen-bond donors (Lipinski definition) is 0. The second kappa shape index (κ2) is 6.64. The van der Waals surface area contributed by atoms with Crippen LogP contribution in [0.1, 0.15) is 28.8 Å². The first-order valence-corrected chi connectivity index (χ1v) is 9.27. The van der Waals surface area contributed by atoms with Crippen molar-refractivity contribution < 1.29 is 4.79 Å². The Morgan fingerprint density at radius 1 is 0.960 bits per heavy atom. The van der Waals surface area contributed by atoms with E-state index in [0.29, 0.717) is 12.0 Å². The van der Waals surface area contributed by atoms with Crippen LogP contribution in [0, 0.1) is 12.8 Å². The maximum Gasteiger partial charge on any atom is 0.253 e. The number of hydrogen-bond acceptors (Lipinski definition) is 2. The van der Waals surface area contributed by atoms with Crippen LogP contribution >= 0.6 is 0 Å². The van der Waals surface area contributed by atoms with Crippen molar-refractivity contribution in [2.75, 3.05) is 26.7 Å². The van der Waals surface area contributed by atoms with Gasteiger partial charge in [-0.2, -0.15) is 0 Å². The second-order valence-electron chi connectivity index (χ2n) is 7.64. The van der Waals surface area contributed by atoms with Gasteiger partial charge in [-0.15, -0.1) is 0 Å². The van der Waals surface area contributed by atoms with Crippen molar-refractivity contribution in [3.8, 4) is 11.1 Å². The first-order valence-electron chi connectivity index (χ1n) is 9.27. The Kier molecular flexibility index (Phi) is 4.34. The normalized spacial score (nSPS) is 23.5.